The van der Waals surface area contributed by atoms with Gasteiger partial charge in [-0.3, -0.25) is 4.79 Å². The van der Waals surface area contributed by atoms with Gasteiger partial charge in [-0.1, -0.05) is 13.8 Å². The molecule has 0 radical (unpaired) electrons. The molecule has 3 nitrogen and oxygen atoms in total. The number of rotatable bonds is 2. The Bertz CT molecular complexity index is 587. The number of nitriles is 1. The average Bonchev–Trinajstić information content (AvgIpc) is 2.60. The van der Waals surface area contributed by atoms with Gasteiger partial charge in [0.25, 0.3) is 5.91 Å². The Hall–Kier alpha value is -2.03. The second kappa shape index (κ2) is 4.82. The molecule has 0 aliphatic carbocycles. The molecule has 20 heavy (non-hydrogen) atoms. The minimum Gasteiger partial charge on any atom is -0.318 e. The fraction of sp³-hybridized carbons (Fsp3) is 0.429. The van der Waals surface area contributed by atoms with Gasteiger partial charge < -0.3 is 4.90 Å². The van der Waals surface area contributed by atoms with E-state index in [0.717, 1.165) is 18.2 Å². The molecule has 0 N–H and O–H groups in total. The Balaban J connectivity index is 2.48. The van der Waals surface area contributed by atoms with Crippen molar-refractivity contribution in [1.29, 1.82) is 5.26 Å². The number of amides is 1. The second-order valence-corrected chi connectivity index (χ2v) is 5.18. The molecule has 1 aliphatic heterocycles. The van der Waals surface area contributed by atoms with E-state index in [-0.39, 0.29) is 23.0 Å². The van der Waals surface area contributed by atoms with Gasteiger partial charge in [-0.2, -0.15) is 18.4 Å². The first-order valence-corrected chi connectivity index (χ1v) is 6.17. The lowest BCUT2D eigenvalue weighted by Crippen LogP contribution is -2.31. The van der Waals surface area contributed by atoms with Crippen molar-refractivity contribution >= 4 is 5.91 Å². The predicted octanol–water partition coefficient (Wildman–Crippen LogP) is 3.38. The molecule has 1 unspecified atom stereocenters. The number of nitrogens with zero attached hydrogens (tertiary/aromatic N) is 2. The molecular weight excluding hydrogens is 269 g/mol. The van der Waals surface area contributed by atoms with Gasteiger partial charge in [-0.15, -0.1) is 0 Å². The number of fused-ring (bicyclic) bond motifs is 1. The van der Waals surface area contributed by atoms with Gasteiger partial charge in [0, 0.05) is 17.7 Å². The Kier molecular flexibility index (Phi) is 3.46. The molecule has 106 valence electrons. The fourth-order valence-corrected chi connectivity index (χ4v) is 2.32. The van der Waals surface area contributed by atoms with Crippen LogP contribution in [0.1, 0.15) is 41.4 Å². The Morgan fingerprint density at radius 2 is 2.05 bits per heavy atom. The zero-order chi connectivity index (χ0) is 15.1. The van der Waals surface area contributed by atoms with Crippen LogP contribution in [0.5, 0.6) is 0 Å². The lowest BCUT2D eigenvalue weighted by atomic mass is 10.0. The maximum absolute atomic E-state index is 12.7. The van der Waals surface area contributed by atoms with E-state index in [1.807, 2.05) is 19.9 Å². The molecule has 0 saturated carbocycles. The van der Waals surface area contributed by atoms with Gasteiger partial charge in [0.2, 0.25) is 0 Å². The van der Waals surface area contributed by atoms with Crippen LogP contribution in [0, 0.1) is 17.2 Å². The number of carbonyl (C=O) groups excluding carboxylic acids is 1. The molecule has 1 atom stereocenters. The van der Waals surface area contributed by atoms with Crippen molar-refractivity contribution in [2.75, 3.05) is 6.54 Å². The van der Waals surface area contributed by atoms with E-state index in [2.05, 4.69) is 0 Å². The van der Waals surface area contributed by atoms with Crippen LogP contribution in [0.3, 0.4) is 0 Å². The van der Waals surface area contributed by atoms with Crippen molar-refractivity contribution in [3.8, 4) is 6.07 Å². The third-order valence-corrected chi connectivity index (χ3v) is 3.16. The van der Waals surface area contributed by atoms with Crippen LogP contribution in [-0.4, -0.2) is 17.4 Å². The van der Waals surface area contributed by atoms with Gasteiger partial charge in [0.05, 0.1) is 11.6 Å². The van der Waals surface area contributed by atoms with Crippen molar-refractivity contribution in [3.63, 3.8) is 0 Å². The molecule has 1 aromatic carbocycles. The van der Waals surface area contributed by atoms with Crippen molar-refractivity contribution in [3.05, 3.63) is 34.9 Å². The first-order chi connectivity index (χ1) is 9.25. The van der Waals surface area contributed by atoms with Crippen LogP contribution < -0.4 is 0 Å². The summed E-state index contributed by atoms with van der Waals surface area (Å²) >= 11 is 0. The number of benzene rings is 1. The molecule has 0 aromatic heterocycles. The van der Waals surface area contributed by atoms with E-state index in [4.69, 9.17) is 0 Å². The van der Waals surface area contributed by atoms with Crippen molar-refractivity contribution in [1.82, 2.24) is 4.90 Å². The Morgan fingerprint density at radius 3 is 2.55 bits per heavy atom. The molecular formula is C14H13F3N2O. The first kappa shape index (κ1) is 14.4. The minimum atomic E-state index is -4.48. The smallest absolute Gasteiger partial charge is 0.318 e. The predicted molar refractivity (Wildman–Crippen MR) is 65.7 cm³/mol. The number of halogens is 3. The summed E-state index contributed by atoms with van der Waals surface area (Å²) in [5.74, 6) is -0.250. The molecule has 0 spiro atoms. The van der Waals surface area contributed by atoms with E-state index in [9.17, 15) is 23.2 Å². The Morgan fingerprint density at radius 1 is 1.40 bits per heavy atom. The monoisotopic (exact) mass is 282 g/mol. The minimum absolute atomic E-state index is 0.131. The SMILES string of the molecule is CC(C)CN1C(=O)c2ccc(C(F)(F)F)cc2C1C#N. The van der Waals surface area contributed by atoms with E-state index in [1.165, 1.54) is 4.90 Å². The zero-order valence-electron chi connectivity index (χ0n) is 11.0. The van der Waals surface area contributed by atoms with Gasteiger partial charge in [-0.05, 0) is 24.1 Å². The molecule has 2 rings (SSSR count). The van der Waals surface area contributed by atoms with Crippen LogP contribution in [0.25, 0.3) is 0 Å². The third kappa shape index (κ3) is 2.36. The molecule has 0 fully saturated rings. The standard InChI is InChI=1S/C14H13F3N2O/c1-8(2)7-19-12(6-18)11-5-9(14(15,16)17)3-4-10(11)13(19)20/h3-5,8,12H,7H2,1-2H3. The van der Waals surface area contributed by atoms with Crippen LogP contribution in [0.4, 0.5) is 13.2 Å². The largest absolute Gasteiger partial charge is 0.416 e. The highest BCUT2D eigenvalue weighted by molar-refractivity contribution is 5.99. The number of alkyl halides is 3. The van der Waals surface area contributed by atoms with Crippen LogP contribution in [-0.2, 0) is 6.18 Å². The van der Waals surface area contributed by atoms with Crippen LogP contribution in [0.15, 0.2) is 18.2 Å². The van der Waals surface area contributed by atoms with Crippen LogP contribution in [0.2, 0.25) is 0 Å². The average molecular weight is 282 g/mol. The number of hydrogen-bond acceptors (Lipinski definition) is 2. The normalized spacial score (nSPS) is 18.4. The maximum Gasteiger partial charge on any atom is 0.416 e. The summed E-state index contributed by atoms with van der Waals surface area (Å²) in [5, 5.41) is 9.18. The van der Waals surface area contributed by atoms with E-state index < -0.39 is 17.8 Å². The quantitative estimate of drug-likeness (QED) is 0.834. The van der Waals surface area contributed by atoms with Crippen molar-refractivity contribution in [2.45, 2.75) is 26.1 Å². The highest BCUT2D eigenvalue weighted by Crippen LogP contribution is 2.38. The van der Waals surface area contributed by atoms with Gasteiger partial charge in [0.1, 0.15) is 6.04 Å². The van der Waals surface area contributed by atoms with Gasteiger partial charge in [0.15, 0.2) is 0 Å². The molecule has 0 bridgehead atoms. The summed E-state index contributed by atoms with van der Waals surface area (Å²) in [6.45, 7) is 4.10. The summed E-state index contributed by atoms with van der Waals surface area (Å²) in [6.07, 6.45) is -4.48. The molecule has 1 amide bonds. The summed E-state index contributed by atoms with van der Waals surface area (Å²) < 4.78 is 38.1. The maximum atomic E-state index is 12.7. The topological polar surface area (TPSA) is 44.1 Å². The van der Waals surface area contributed by atoms with Crippen LogP contribution >= 0.6 is 0 Å². The molecule has 0 saturated heterocycles. The Labute approximate surface area is 114 Å². The van der Waals surface area contributed by atoms with E-state index >= 15 is 0 Å². The van der Waals surface area contributed by atoms with Gasteiger partial charge in [-0.25, -0.2) is 0 Å². The highest BCUT2D eigenvalue weighted by Gasteiger charge is 2.39. The zero-order valence-corrected chi connectivity index (χ0v) is 11.0. The van der Waals surface area contributed by atoms with Crippen molar-refractivity contribution < 1.29 is 18.0 Å². The summed E-state index contributed by atoms with van der Waals surface area (Å²) in [5.41, 5.74) is -0.506. The van der Waals surface area contributed by atoms with E-state index in [0.29, 0.717) is 6.54 Å². The highest BCUT2D eigenvalue weighted by atomic mass is 19.4. The summed E-state index contributed by atoms with van der Waals surface area (Å²) in [7, 11) is 0. The van der Waals surface area contributed by atoms with Crippen molar-refractivity contribution in [2.24, 2.45) is 5.92 Å². The van der Waals surface area contributed by atoms with Gasteiger partial charge >= 0.3 is 6.18 Å². The molecule has 1 aliphatic rings. The van der Waals surface area contributed by atoms with E-state index in [1.54, 1.807) is 0 Å². The first-order valence-electron chi connectivity index (χ1n) is 6.17. The second-order valence-electron chi connectivity index (χ2n) is 5.18. The fourth-order valence-electron chi connectivity index (χ4n) is 2.32. The summed E-state index contributed by atoms with van der Waals surface area (Å²) in [4.78, 5) is 13.5. The lowest BCUT2D eigenvalue weighted by Gasteiger charge is -2.22. The number of carbonyl (C=O) groups is 1. The number of hydrogen-bond donors (Lipinski definition) is 0. The third-order valence-electron chi connectivity index (χ3n) is 3.16. The molecule has 1 aromatic rings. The molecule has 6 heteroatoms. The molecule has 1 heterocycles. The summed E-state index contributed by atoms with van der Waals surface area (Å²) in [6, 6.07) is 3.92. The lowest BCUT2D eigenvalue weighted by molar-refractivity contribution is -0.137.